The second-order valence-electron chi connectivity index (χ2n) is 6.71. The Balaban J connectivity index is 0.000000272. The standard InChI is InChI=1S/C12H19NO2.C8H11N/c1-12(2,3)15-14-10-13(4)11-8-6-5-7-9-11;1-9(2)8-6-4-3-5-7-8/h5-9H,10H2,1-4H3;3-7H,1-2H3. The molecule has 4 nitrogen and oxygen atoms in total. The van der Waals surface area contributed by atoms with Crippen LogP contribution in [0.15, 0.2) is 60.7 Å². The van der Waals surface area contributed by atoms with Crippen molar-refractivity contribution < 1.29 is 9.78 Å². The summed E-state index contributed by atoms with van der Waals surface area (Å²) in [5.41, 5.74) is 2.09. The van der Waals surface area contributed by atoms with Crippen LogP contribution in [0.2, 0.25) is 0 Å². The Hall–Kier alpha value is -2.04. The van der Waals surface area contributed by atoms with E-state index >= 15 is 0 Å². The van der Waals surface area contributed by atoms with Gasteiger partial charge in [-0.3, -0.25) is 0 Å². The van der Waals surface area contributed by atoms with Gasteiger partial charge in [-0.05, 0) is 45.0 Å². The van der Waals surface area contributed by atoms with E-state index in [0.717, 1.165) is 5.69 Å². The van der Waals surface area contributed by atoms with Crippen LogP contribution in [0.5, 0.6) is 0 Å². The highest BCUT2D eigenvalue weighted by molar-refractivity contribution is 5.44. The fourth-order valence-electron chi connectivity index (χ4n) is 1.77. The zero-order valence-corrected chi connectivity index (χ0v) is 15.7. The van der Waals surface area contributed by atoms with Gasteiger partial charge in [0.15, 0.2) is 6.73 Å². The summed E-state index contributed by atoms with van der Waals surface area (Å²) in [7, 11) is 6.03. The number of para-hydroxylation sites is 2. The molecule has 0 amide bonds. The van der Waals surface area contributed by atoms with Crippen molar-refractivity contribution in [2.45, 2.75) is 26.4 Å². The Labute approximate surface area is 146 Å². The first-order chi connectivity index (χ1) is 11.3. The summed E-state index contributed by atoms with van der Waals surface area (Å²) in [5.74, 6) is 0. The zero-order chi connectivity index (χ0) is 18.0. The number of hydrogen-bond donors (Lipinski definition) is 0. The summed E-state index contributed by atoms with van der Waals surface area (Å²) in [4.78, 5) is 14.4. The minimum Gasteiger partial charge on any atom is -0.378 e. The van der Waals surface area contributed by atoms with E-state index < -0.39 is 0 Å². The van der Waals surface area contributed by atoms with Crippen LogP contribution >= 0.6 is 0 Å². The van der Waals surface area contributed by atoms with Gasteiger partial charge in [0.2, 0.25) is 0 Å². The van der Waals surface area contributed by atoms with Crippen LogP contribution in [0, 0.1) is 0 Å². The predicted octanol–water partition coefficient (Wildman–Crippen LogP) is 4.58. The molecule has 0 unspecified atom stereocenters. The van der Waals surface area contributed by atoms with Crippen LogP contribution in [0.4, 0.5) is 11.4 Å². The molecule has 0 radical (unpaired) electrons. The Kier molecular flexibility index (Phi) is 8.30. The van der Waals surface area contributed by atoms with Gasteiger partial charge in [-0.1, -0.05) is 36.4 Å². The van der Waals surface area contributed by atoms with Crippen molar-refractivity contribution in [3.8, 4) is 0 Å². The Morgan fingerprint density at radius 2 is 1.21 bits per heavy atom. The summed E-state index contributed by atoms with van der Waals surface area (Å²) in [5, 5.41) is 0. The molecule has 4 heteroatoms. The lowest BCUT2D eigenvalue weighted by molar-refractivity contribution is -0.347. The van der Waals surface area contributed by atoms with E-state index in [-0.39, 0.29) is 5.60 Å². The number of anilines is 2. The molecule has 2 aromatic carbocycles. The van der Waals surface area contributed by atoms with E-state index in [1.54, 1.807) is 0 Å². The number of benzene rings is 2. The van der Waals surface area contributed by atoms with Crippen molar-refractivity contribution in [2.75, 3.05) is 37.7 Å². The molecule has 2 aromatic rings. The topological polar surface area (TPSA) is 24.9 Å². The van der Waals surface area contributed by atoms with Crippen molar-refractivity contribution in [1.82, 2.24) is 0 Å². The summed E-state index contributed by atoms with van der Waals surface area (Å²) in [6.07, 6.45) is 0. The maximum atomic E-state index is 5.18. The molecule has 0 saturated heterocycles. The monoisotopic (exact) mass is 330 g/mol. The molecule has 0 aliphatic heterocycles. The molecule has 0 spiro atoms. The number of rotatable bonds is 5. The Bertz CT molecular complexity index is 551. The fourth-order valence-corrected chi connectivity index (χ4v) is 1.77. The highest BCUT2D eigenvalue weighted by Crippen LogP contribution is 2.12. The number of hydrogen-bond acceptors (Lipinski definition) is 4. The van der Waals surface area contributed by atoms with Crippen LogP contribution in [0.1, 0.15) is 20.8 Å². The lowest BCUT2D eigenvalue weighted by Crippen LogP contribution is -2.26. The average molecular weight is 330 g/mol. The van der Waals surface area contributed by atoms with Crippen LogP contribution in [-0.2, 0) is 9.78 Å². The molecular weight excluding hydrogens is 300 g/mol. The van der Waals surface area contributed by atoms with E-state index in [9.17, 15) is 0 Å². The lowest BCUT2D eigenvalue weighted by atomic mass is 10.2. The van der Waals surface area contributed by atoms with E-state index in [2.05, 4.69) is 17.0 Å². The highest BCUT2D eigenvalue weighted by atomic mass is 17.2. The molecule has 0 saturated carbocycles. The molecule has 0 aliphatic carbocycles. The van der Waals surface area contributed by atoms with Crippen LogP contribution in [-0.4, -0.2) is 33.5 Å². The molecule has 0 N–H and O–H groups in total. The van der Waals surface area contributed by atoms with Crippen molar-refractivity contribution >= 4 is 11.4 Å². The second kappa shape index (κ2) is 9.96. The third kappa shape index (κ3) is 8.56. The van der Waals surface area contributed by atoms with Crippen molar-refractivity contribution in [1.29, 1.82) is 0 Å². The van der Waals surface area contributed by atoms with Gasteiger partial charge in [-0.2, -0.15) is 0 Å². The minimum absolute atomic E-state index is 0.266. The smallest absolute Gasteiger partial charge is 0.154 e. The Morgan fingerprint density at radius 1 is 0.750 bits per heavy atom. The van der Waals surface area contributed by atoms with Gasteiger partial charge in [0, 0.05) is 32.5 Å². The van der Waals surface area contributed by atoms with Crippen molar-refractivity contribution in [3.63, 3.8) is 0 Å². The first-order valence-electron chi connectivity index (χ1n) is 8.09. The van der Waals surface area contributed by atoms with Crippen LogP contribution in [0.25, 0.3) is 0 Å². The van der Waals surface area contributed by atoms with E-state index in [1.165, 1.54) is 5.69 Å². The van der Waals surface area contributed by atoms with E-state index in [0.29, 0.717) is 6.73 Å². The summed E-state index contributed by atoms with van der Waals surface area (Å²) in [6, 6.07) is 20.3. The molecule has 2 rings (SSSR count). The average Bonchev–Trinajstić information content (AvgIpc) is 2.56. The third-order valence-electron chi connectivity index (χ3n) is 3.02. The molecule has 24 heavy (non-hydrogen) atoms. The van der Waals surface area contributed by atoms with Gasteiger partial charge < -0.3 is 9.80 Å². The first kappa shape index (κ1) is 20.0. The van der Waals surface area contributed by atoms with Crippen LogP contribution < -0.4 is 9.80 Å². The summed E-state index contributed by atoms with van der Waals surface area (Å²) >= 11 is 0. The molecule has 0 aliphatic rings. The molecule has 0 atom stereocenters. The van der Waals surface area contributed by atoms with Gasteiger partial charge in [0.25, 0.3) is 0 Å². The second-order valence-corrected chi connectivity index (χ2v) is 6.71. The molecule has 132 valence electrons. The van der Waals surface area contributed by atoms with Gasteiger partial charge >= 0.3 is 0 Å². The molecule has 0 fully saturated rings. The summed E-state index contributed by atoms with van der Waals surface area (Å²) in [6.45, 7) is 6.28. The number of nitrogens with zero attached hydrogens (tertiary/aromatic N) is 2. The molecular formula is C20H30N2O2. The largest absolute Gasteiger partial charge is 0.378 e. The molecule has 0 aromatic heterocycles. The molecule has 0 bridgehead atoms. The molecule has 0 heterocycles. The fraction of sp³-hybridized carbons (Fsp3) is 0.400. The lowest BCUT2D eigenvalue weighted by Gasteiger charge is -2.22. The SMILES string of the molecule is CN(C)c1ccccc1.CN(COOC(C)(C)C)c1ccccc1. The Morgan fingerprint density at radius 3 is 1.58 bits per heavy atom. The quantitative estimate of drug-likeness (QED) is 0.455. The highest BCUT2D eigenvalue weighted by Gasteiger charge is 2.11. The maximum absolute atomic E-state index is 5.18. The minimum atomic E-state index is -0.266. The third-order valence-corrected chi connectivity index (χ3v) is 3.02. The predicted molar refractivity (Wildman–Crippen MR) is 102 cm³/mol. The van der Waals surface area contributed by atoms with Crippen molar-refractivity contribution in [3.05, 3.63) is 60.7 Å². The van der Waals surface area contributed by atoms with E-state index in [1.807, 2.05) is 95.3 Å². The maximum Gasteiger partial charge on any atom is 0.154 e. The normalized spacial score (nSPS) is 10.6. The van der Waals surface area contributed by atoms with Gasteiger partial charge in [-0.15, -0.1) is 0 Å². The van der Waals surface area contributed by atoms with Crippen LogP contribution in [0.3, 0.4) is 0 Å². The van der Waals surface area contributed by atoms with Gasteiger partial charge in [0.05, 0.1) is 5.60 Å². The summed E-state index contributed by atoms with van der Waals surface area (Å²) < 4.78 is 0. The zero-order valence-electron chi connectivity index (χ0n) is 15.7. The van der Waals surface area contributed by atoms with E-state index in [4.69, 9.17) is 9.78 Å². The first-order valence-corrected chi connectivity index (χ1v) is 8.09. The van der Waals surface area contributed by atoms with Gasteiger partial charge in [-0.25, -0.2) is 9.78 Å². The van der Waals surface area contributed by atoms with Crippen molar-refractivity contribution in [2.24, 2.45) is 0 Å². The van der Waals surface area contributed by atoms with Gasteiger partial charge in [0.1, 0.15) is 0 Å².